The number of nitrogens with one attached hydrogen (secondary N) is 3. The van der Waals surface area contributed by atoms with E-state index in [9.17, 15) is 4.79 Å². The molecule has 1 aliphatic heterocycles. The molecule has 1 fully saturated rings. The molecule has 1 aromatic heterocycles. The van der Waals surface area contributed by atoms with Gasteiger partial charge in [0.15, 0.2) is 0 Å². The first kappa shape index (κ1) is 24.4. The molecule has 0 aliphatic carbocycles. The van der Waals surface area contributed by atoms with Gasteiger partial charge < -0.3 is 25.8 Å². The van der Waals surface area contributed by atoms with Crippen molar-refractivity contribution in [3.63, 3.8) is 0 Å². The molecule has 4 aromatic rings. The van der Waals surface area contributed by atoms with Crippen molar-refractivity contribution in [3.05, 3.63) is 83.1 Å². The van der Waals surface area contributed by atoms with Crippen LogP contribution < -0.4 is 20.7 Å². The van der Waals surface area contributed by atoms with Crippen molar-refractivity contribution in [1.29, 1.82) is 0 Å². The summed E-state index contributed by atoms with van der Waals surface area (Å²) < 4.78 is 6.54. The standard InChI is InChI=1S/C18H18BrN5O.C8H8O2/c1-25-17-7-15-14(6-16(17)23-13-8-20-9-13)18(22-10-21-15)24-12-4-2-3-11(19)5-12;9-8(10)6-7-4-2-1-3-5-7/h2-7,10,13,20,23H,8-9H2,1H3,(H,21,22,24);1-5H,6H2,(H,9,10). The van der Waals surface area contributed by atoms with Crippen LogP contribution in [0, 0.1) is 0 Å². The maximum Gasteiger partial charge on any atom is 0.307 e. The summed E-state index contributed by atoms with van der Waals surface area (Å²) in [5.41, 5.74) is 3.59. The lowest BCUT2D eigenvalue weighted by molar-refractivity contribution is -0.136. The van der Waals surface area contributed by atoms with E-state index in [2.05, 4.69) is 41.8 Å². The van der Waals surface area contributed by atoms with Crippen molar-refractivity contribution in [1.82, 2.24) is 15.3 Å². The highest BCUT2D eigenvalue weighted by Crippen LogP contribution is 2.33. The summed E-state index contributed by atoms with van der Waals surface area (Å²) in [6.45, 7) is 1.91. The average Bonchev–Trinajstić information content (AvgIpc) is 2.82. The van der Waals surface area contributed by atoms with Gasteiger partial charge in [-0.2, -0.15) is 0 Å². The Morgan fingerprint density at radius 3 is 2.57 bits per heavy atom. The predicted molar refractivity (Wildman–Crippen MR) is 142 cm³/mol. The van der Waals surface area contributed by atoms with Gasteiger partial charge in [-0.25, -0.2) is 9.97 Å². The molecule has 0 amide bonds. The summed E-state index contributed by atoms with van der Waals surface area (Å²) in [7, 11) is 1.67. The number of anilines is 3. The summed E-state index contributed by atoms with van der Waals surface area (Å²) in [5.74, 6) is 0.762. The summed E-state index contributed by atoms with van der Waals surface area (Å²) in [4.78, 5) is 19.0. The zero-order valence-corrected chi connectivity index (χ0v) is 20.7. The maximum atomic E-state index is 10.2. The van der Waals surface area contributed by atoms with Crippen molar-refractivity contribution < 1.29 is 14.6 Å². The molecule has 4 N–H and O–H groups in total. The molecule has 9 heteroatoms. The van der Waals surface area contributed by atoms with Gasteiger partial charge in [0.1, 0.15) is 17.9 Å². The smallest absolute Gasteiger partial charge is 0.307 e. The zero-order valence-electron chi connectivity index (χ0n) is 19.2. The number of hydrogen-bond donors (Lipinski definition) is 4. The van der Waals surface area contributed by atoms with Crippen molar-refractivity contribution in [2.45, 2.75) is 12.5 Å². The number of carbonyl (C=O) groups is 1. The van der Waals surface area contributed by atoms with Crippen molar-refractivity contribution >= 4 is 50.0 Å². The van der Waals surface area contributed by atoms with Crippen molar-refractivity contribution in [3.8, 4) is 5.75 Å². The van der Waals surface area contributed by atoms with Gasteiger partial charge in [0.05, 0.1) is 30.8 Å². The topological polar surface area (TPSA) is 108 Å². The lowest BCUT2D eigenvalue weighted by atomic mass is 10.1. The van der Waals surface area contributed by atoms with Crippen molar-refractivity contribution in [2.24, 2.45) is 0 Å². The third-order valence-corrected chi connectivity index (χ3v) is 5.88. The van der Waals surface area contributed by atoms with Crippen LogP contribution in [-0.4, -0.2) is 47.3 Å². The number of fused-ring (bicyclic) bond motifs is 1. The van der Waals surface area contributed by atoms with E-state index < -0.39 is 5.97 Å². The Labute approximate surface area is 211 Å². The number of aromatic nitrogens is 2. The van der Waals surface area contributed by atoms with Crippen LogP contribution in [-0.2, 0) is 11.2 Å². The summed E-state index contributed by atoms with van der Waals surface area (Å²) >= 11 is 3.49. The third kappa shape index (κ3) is 6.68. The number of ether oxygens (including phenoxy) is 1. The Balaban J connectivity index is 0.000000243. The number of halogens is 1. The molecule has 0 spiro atoms. The summed E-state index contributed by atoms with van der Waals surface area (Å²) in [5, 5.41) is 19.5. The fourth-order valence-electron chi connectivity index (χ4n) is 3.55. The molecule has 5 rings (SSSR count). The molecule has 2 heterocycles. The van der Waals surface area contributed by atoms with Crippen LogP contribution in [0.4, 0.5) is 17.2 Å². The minimum Gasteiger partial charge on any atom is -0.495 e. The van der Waals surface area contributed by atoms with Crippen LogP contribution in [0.2, 0.25) is 0 Å². The van der Waals surface area contributed by atoms with E-state index in [1.807, 2.05) is 54.6 Å². The highest BCUT2D eigenvalue weighted by molar-refractivity contribution is 9.10. The molecule has 0 saturated carbocycles. The highest BCUT2D eigenvalue weighted by Gasteiger charge is 2.19. The Bertz CT molecular complexity index is 1300. The molecule has 0 unspecified atom stereocenters. The molecule has 0 radical (unpaired) electrons. The Morgan fingerprint density at radius 2 is 1.91 bits per heavy atom. The number of nitrogens with zero attached hydrogens (tertiary/aromatic N) is 2. The molecule has 1 aliphatic rings. The van der Waals surface area contributed by atoms with Crippen LogP contribution in [0.5, 0.6) is 5.75 Å². The number of aliphatic carboxylic acids is 1. The number of methoxy groups -OCH3 is 1. The Morgan fingerprint density at radius 1 is 1.11 bits per heavy atom. The summed E-state index contributed by atoms with van der Waals surface area (Å²) in [6.07, 6.45) is 1.67. The largest absolute Gasteiger partial charge is 0.495 e. The number of rotatable bonds is 7. The van der Waals surface area contributed by atoms with Gasteiger partial charge in [-0.3, -0.25) is 4.79 Å². The average molecular weight is 536 g/mol. The van der Waals surface area contributed by atoms with Gasteiger partial charge in [-0.05, 0) is 29.8 Å². The van der Waals surface area contributed by atoms with Crippen LogP contribution in [0.3, 0.4) is 0 Å². The SMILES string of the molecule is COc1cc2ncnc(Nc3cccc(Br)c3)c2cc1NC1CNC1.O=C(O)Cc1ccccc1. The highest BCUT2D eigenvalue weighted by atomic mass is 79.9. The fraction of sp³-hybridized carbons (Fsp3) is 0.192. The molecule has 3 aromatic carbocycles. The predicted octanol–water partition coefficient (Wildman–Crippen LogP) is 4.84. The normalized spacial score (nSPS) is 12.7. The Kier molecular flexibility index (Phi) is 8.12. The second-order valence-electron chi connectivity index (χ2n) is 7.98. The lowest BCUT2D eigenvalue weighted by Gasteiger charge is -2.29. The molecule has 8 nitrogen and oxygen atoms in total. The molecule has 180 valence electrons. The van der Waals surface area contributed by atoms with E-state index in [0.29, 0.717) is 6.04 Å². The third-order valence-electron chi connectivity index (χ3n) is 5.38. The monoisotopic (exact) mass is 535 g/mol. The molecular formula is C26H26BrN5O3. The second-order valence-corrected chi connectivity index (χ2v) is 8.90. The number of carboxylic acid groups (broad SMARTS) is 1. The van der Waals surface area contributed by atoms with Crippen LogP contribution in [0.1, 0.15) is 5.56 Å². The van der Waals surface area contributed by atoms with Gasteiger partial charge >= 0.3 is 5.97 Å². The molecule has 0 atom stereocenters. The minimum atomic E-state index is -0.786. The second kappa shape index (κ2) is 11.6. The van der Waals surface area contributed by atoms with E-state index in [1.54, 1.807) is 25.6 Å². The lowest BCUT2D eigenvalue weighted by Crippen LogP contribution is -2.51. The van der Waals surface area contributed by atoms with E-state index >= 15 is 0 Å². The van der Waals surface area contributed by atoms with E-state index in [-0.39, 0.29) is 6.42 Å². The van der Waals surface area contributed by atoms with E-state index in [0.717, 1.165) is 57.0 Å². The zero-order chi connectivity index (χ0) is 24.6. The first-order valence-corrected chi connectivity index (χ1v) is 11.9. The molecular weight excluding hydrogens is 510 g/mol. The van der Waals surface area contributed by atoms with Crippen LogP contribution in [0.15, 0.2) is 77.5 Å². The minimum absolute atomic E-state index is 0.112. The fourth-order valence-corrected chi connectivity index (χ4v) is 3.95. The van der Waals surface area contributed by atoms with Gasteiger partial charge in [0.2, 0.25) is 0 Å². The maximum absolute atomic E-state index is 10.2. The van der Waals surface area contributed by atoms with Gasteiger partial charge in [0, 0.05) is 34.7 Å². The van der Waals surface area contributed by atoms with Gasteiger partial charge in [-0.15, -0.1) is 0 Å². The number of carboxylic acids is 1. The first-order chi connectivity index (χ1) is 17.0. The summed E-state index contributed by atoms with van der Waals surface area (Å²) in [6, 6.07) is 21.5. The number of hydrogen-bond acceptors (Lipinski definition) is 7. The quantitative estimate of drug-likeness (QED) is 0.266. The first-order valence-electron chi connectivity index (χ1n) is 11.1. The number of benzene rings is 3. The van der Waals surface area contributed by atoms with Crippen LogP contribution in [0.25, 0.3) is 10.9 Å². The molecule has 1 saturated heterocycles. The van der Waals surface area contributed by atoms with E-state index in [1.165, 1.54) is 0 Å². The molecule has 35 heavy (non-hydrogen) atoms. The van der Waals surface area contributed by atoms with E-state index in [4.69, 9.17) is 9.84 Å². The molecule has 0 bridgehead atoms. The Hall–Kier alpha value is -3.69. The van der Waals surface area contributed by atoms with Gasteiger partial charge in [-0.1, -0.05) is 52.3 Å². The van der Waals surface area contributed by atoms with Gasteiger partial charge in [0.25, 0.3) is 0 Å². The van der Waals surface area contributed by atoms with Crippen LogP contribution >= 0.6 is 15.9 Å². The van der Waals surface area contributed by atoms with Crippen molar-refractivity contribution in [2.75, 3.05) is 30.8 Å².